The fraction of sp³-hybridized carbons (Fsp3) is 0.667. The van der Waals surface area contributed by atoms with Crippen LogP contribution in [0.25, 0.3) is 0 Å². The maximum absolute atomic E-state index is 13.0. The standard InChI is InChI=1S/C18H29N3O3S/c1-14-13-20(25(22,23)19(3)15(2)16-8-9-16)10-11-21(14)17-6-5-7-18(12-17)24-4/h5-7,12,14-16H,8-11,13H2,1-4H3/t14-,15+/m0/s1. The summed E-state index contributed by atoms with van der Waals surface area (Å²) in [7, 11) is -0.0260. The molecule has 0 unspecified atom stereocenters. The fourth-order valence-corrected chi connectivity index (χ4v) is 5.25. The summed E-state index contributed by atoms with van der Waals surface area (Å²) in [5.41, 5.74) is 1.07. The van der Waals surface area contributed by atoms with E-state index in [0.717, 1.165) is 24.3 Å². The first-order chi connectivity index (χ1) is 11.8. The summed E-state index contributed by atoms with van der Waals surface area (Å²) < 4.78 is 34.4. The van der Waals surface area contributed by atoms with Crippen molar-refractivity contribution in [2.75, 3.05) is 38.7 Å². The molecule has 2 fully saturated rings. The Balaban J connectivity index is 1.70. The number of ether oxygens (including phenoxy) is 1. The third kappa shape index (κ3) is 3.78. The molecule has 140 valence electrons. The molecule has 6 nitrogen and oxygen atoms in total. The van der Waals surface area contributed by atoms with E-state index in [0.29, 0.717) is 25.6 Å². The van der Waals surface area contributed by atoms with Gasteiger partial charge in [-0.3, -0.25) is 0 Å². The van der Waals surface area contributed by atoms with E-state index in [2.05, 4.69) is 11.8 Å². The molecule has 3 rings (SSSR count). The molecule has 1 saturated heterocycles. The molecule has 1 heterocycles. The number of methoxy groups -OCH3 is 1. The van der Waals surface area contributed by atoms with Crippen molar-refractivity contribution < 1.29 is 13.2 Å². The lowest BCUT2D eigenvalue weighted by Crippen LogP contribution is -2.57. The fourth-order valence-electron chi connectivity index (χ4n) is 3.57. The van der Waals surface area contributed by atoms with Crippen molar-refractivity contribution in [3.8, 4) is 5.75 Å². The van der Waals surface area contributed by atoms with Crippen molar-refractivity contribution in [1.82, 2.24) is 8.61 Å². The average molecular weight is 368 g/mol. The van der Waals surface area contributed by atoms with Crippen LogP contribution >= 0.6 is 0 Å². The van der Waals surface area contributed by atoms with Gasteiger partial charge in [-0.2, -0.15) is 17.0 Å². The highest BCUT2D eigenvalue weighted by atomic mass is 32.2. The molecule has 0 radical (unpaired) electrons. The Morgan fingerprint density at radius 3 is 2.60 bits per heavy atom. The largest absolute Gasteiger partial charge is 0.497 e. The summed E-state index contributed by atoms with van der Waals surface area (Å²) in [5, 5.41) is 0. The Kier molecular flexibility index (Phi) is 5.27. The van der Waals surface area contributed by atoms with Gasteiger partial charge in [0.2, 0.25) is 0 Å². The average Bonchev–Trinajstić information content (AvgIpc) is 3.45. The number of anilines is 1. The molecule has 0 spiro atoms. The van der Waals surface area contributed by atoms with Gasteiger partial charge in [0.05, 0.1) is 7.11 Å². The van der Waals surface area contributed by atoms with Gasteiger partial charge in [-0.05, 0) is 44.7 Å². The minimum absolute atomic E-state index is 0.0803. The normalized spacial score (nSPS) is 23.7. The van der Waals surface area contributed by atoms with E-state index in [1.807, 2.05) is 31.2 Å². The van der Waals surface area contributed by atoms with Crippen LogP contribution in [0.4, 0.5) is 5.69 Å². The smallest absolute Gasteiger partial charge is 0.282 e. The van der Waals surface area contributed by atoms with Crippen LogP contribution in [-0.2, 0) is 10.2 Å². The van der Waals surface area contributed by atoms with E-state index in [1.54, 1.807) is 22.8 Å². The van der Waals surface area contributed by atoms with Crippen molar-refractivity contribution >= 4 is 15.9 Å². The molecule has 2 aliphatic rings. The second-order valence-corrected chi connectivity index (χ2v) is 9.19. The summed E-state index contributed by atoms with van der Waals surface area (Å²) in [5.74, 6) is 1.34. The van der Waals surface area contributed by atoms with Crippen molar-refractivity contribution in [2.24, 2.45) is 5.92 Å². The highest BCUT2D eigenvalue weighted by Gasteiger charge is 2.40. The second kappa shape index (κ2) is 7.13. The van der Waals surface area contributed by atoms with E-state index in [4.69, 9.17) is 4.74 Å². The van der Waals surface area contributed by atoms with Crippen molar-refractivity contribution in [2.45, 2.75) is 38.8 Å². The van der Waals surface area contributed by atoms with E-state index < -0.39 is 10.2 Å². The maximum Gasteiger partial charge on any atom is 0.282 e. The van der Waals surface area contributed by atoms with E-state index in [-0.39, 0.29) is 12.1 Å². The molecule has 0 amide bonds. The monoisotopic (exact) mass is 367 g/mol. The molecular formula is C18H29N3O3S. The van der Waals surface area contributed by atoms with E-state index >= 15 is 0 Å². The van der Waals surface area contributed by atoms with Crippen molar-refractivity contribution in [1.29, 1.82) is 0 Å². The third-order valence-corrected chi connectivity index (χ3v) is 7.59. The van der Waals surface area contributed by atoms with Crippen LogP contribution in [0.3, 0.4) is 0 Å². The number of hydrogen-bond acceptors (Lipinski definition) is 4. The Bertz CT molecular complexity index is 705. The molecule has 7 heteroatoms. The molecule has 0 aromatic heterocycles. The molecule has 1 aliphatic carbocycles. The number of nitrogens with zero attached hydrogens (tertiary/aromatic N) is 3. The van der Waals surface area contributed by atoms with Gasteiger partial charge < -0.3 is 9.64 Å². The number of hydrogen-bond donors (Lipinski definition) is 0. The van der Waals surface area contributed by atoms with Gasteiger partial charge in [-0.1, -0.05) is 6.07 Å². The highest BCUT2D eigenvalue weighted by Crippen LogP contribution is 2.36. The highest BCUT2D eigenvalue weighted by molar-refractivity contribution is 7.86. The molecule has 0 N–H and O–H groups in total. The summed E-state index contributed by atoms with van der Waals surface area (Å²) in [6, 6.07) is 8.13. The molecule has 1 saturated carbocycles. The van der Waals surface area contributed by atoms with Gasteiger partial charge in [0.15, 0.2) is 0 Å². The number of benzene rings is 1. The van der Waals surface area contributed by atoms with Gasteiger partial charge in [-0.25, -0.2) is 0 Å². The Hall–Kier alpha value is -1.31. The Morgan fingerprint density at radius 2 is 2.00 bits per heavy atom. The third-order valence-electron chi connectivity index (χ3n) is 5.54. The van der Waals surface area contributed by atoms with Crippen molar-refractivity contribution in [3.05, 3.63) is 24.3 Å². The van der Waals surface area contributed by atoms with Gasteiger partial charge in [0, 0.05) is 50.5 Å². The predicted molar refractivity (Wildman–Crippen MR) is 100 cm³/mol. The van der Waals surface area contributed by atoms with Gasteiger partial charge in [0.25, 0.3) is 10.2 Å². The SMILES string of the molecule is COc1cccc(N2CCN(S(=O)(=O)N(C)[C@H](C)C3CC3)C[C@@H]2C)c1. The van der Waals surface area contributed by atoms with Crippen LogP contribution in [0.2, 0.25) is 0 Å². The zero-order valence-electron chi connectivity index (χ0n) is 15.6. The quantitative estimate of drug-likeness (QED) is 0.773. The molecule has 1 aliphatic heterocycles. The van der Waals surface area contributed by atoms with Gasteiger partial charge >= 0.3 is 0 Å². The minimum atomic E-state index is -3.40. The maximum atomic E-state index is 13.0. The molecule has 0 bridgehead atoms. The lowest BCUT2D eigenvalue weighted by molar-refractivity contribution is 0.284. The van der Waals surface area contributed by atoms with Crippen LogP contribution in [0, 0.1) is 5.92 Å². The first kappa shape index (κ1) is 18.5. The molecule has 1 aromatic carbocycles. The minimum Gasteiger partial charge on any atom is -0.497 e. The van der Waals surface area contributed by atoms with E-state index in [9.17, 15) is 8.42 Å². The molecule has 2 atom stereocenters. The lowest BCUT2D eigenvalue weighted by Gasteiger charge is -2.42. The van der Waals surface area contributed by atoms with Crippen LogP contribution in [0.1, 0.15) is 26.7 Å². The van der Waals surface area contributed by atoms with E-state index in [1.165, 1.54) is 0 Å². The topological polar surface area (TPSA) is 53.1 Å². The first-order valence-corrected chi connectivity index (χ1v) is 10.4. The van der Waals surface area contributed by atoms with Crippen LogP contribution < -0.4 is 9.64 Å². The molecule has 1 aromatic rings. The predicted octanol–water partition coefficient (Wildman–Crippen LogP) is 2.18. The second-order valence-electron chi connectivity index (χ2n) is 7.20. The van der Waals surface area contributed by atoms with Crippen LogP contribution in [-0.4, -0.2) is 62.9 Å². The number of piperazine rings is 1. The molecular weight excluding hydrogens is 338 g/mol. The summed E-state index contributed by atoms with van der Waals surface area (Å²) in [6.45, 7) is 5.78. The summed E-state index contributed by atoms with van der Waals surface area (Å²) >= 11 is 0. The summed E-state index contributed by atoms with van der Waals surface area (Å²) in [6.07, 6.45) is 2.28. The van der Waals surface area contributed by atoms with Crippen molar-refractivity contribution in [3.63, 3.8) is 0 Å². The lowest BCUT2D eigenvalue weighted by atomic mass is 10.1. The zero-order valence-corrected chi connectivity index (χ0v) is 16.4. The molecule has 25 heavy (non-hydrogen) atoms. The van der Waals surface area contributed by atoms with Crippen LogP contribution in [0.15, 0.2) is 24.3 Å². The van der Waals surface area contributed by atoms with Crippen LogP contribution in [0.5, 0.6) is 5.75 Å². The Morgan fingerprint density at radius 1 is 1.28 bits per heavy atom. The zero-order chi connectivity index (χ0) is 18.2. The Labute approximate surface area is 151 Å². The van der Waals surface area contributed by atoms with Gasteiger partial charge in [0.1, 0.15) is 5.75 Å². The summed E-state index contributed by atoms with van der Waals surface area (Å²) in [4.78, 5) is 2.25. The van der Waals surface area contributed by atoms with Gasteiger partial charge in [-0.15, -0.1) is 0 Å². The first-order valence-electron chi connectivity index (χ1n) is 8.98. The number of rotatable bonds is 6.